The van der Waals surface area contributed by atoms with E-state index < -0.39 is 6.09 Å². The zero-order valence-corrected chi connectivity index (χ0v) is 10.4. The molecule has 2 atom stereocenters. The second-order valence-corrected chi connectivity index (χ2v) is 4.87. The van der Waals surface area contributed by atoms with Crippen LogP contribution in [0.1, 0.15) is 64.7 Å². The minimum absolute atomic E-state index is 0.0906. The molecule has 1 aliphatic carbocycles. The van der Waals surface area contributed by atoms with Gasteiger partial charge in [-0.3, -0.25) is 0 Å². The van der Waals surface area contributed by atoms with E-state index in [2.05, 4.69) is 6.92 Å². The third-order valence-electron chi connectivity index (χ3n) is 3.54. The number of primary amides is 1. The van der Waals surface area contributed by atoms with E-state index in [1.54, 1.807) is 0 Å². The third-order valence-corrected chi connectivity index (χ3v) is 3.54. The minimum atomic E-state index is -0.606. The maximum atomic E-state index is 10.8. The molecule has 1 aliphatic rings. The first-order chi connectivity index (χ1) is 7.74. The molecule has 0 aromatic carbocycles. The van der Waals surface area contributed by atoms with Crippen molar-refractivity contribution in [2.24, 2.45) is 11.7 Å². The average Bonchev–Trinajstić information content (AvgIpc) is 2.26. The van der Waals surface area contributed by atoms with Crippen LogP contribution in [0.2, 0.25) is 0 Å². The first kappa shape index (κ1) is 13.3. The summed E-state index contributed by atoms with van der Waals surface area (Å²) in [5.74, 6) is 0.554. The highest BCUT2D eigenvalue weighted by molar-refractivity contribution is 5.64. The molecule has 0 saturated heterocycles. The van der Waals surface area contributed by atoms with Crippen molar-refractivity contribution in [3.8, 4) is 0 Å². The Balaban J connectivity index is 2.26. The Hall–Kier alpha value is -0.730. The Morgan fingerprint density at radius 1 is 1.25 bits per heavy atom. The van der Waals surface area contributed by atoms with Crippen molar-refractivity contribution in [2.45, 2.75) is 70.8 Å². The molecule has 0 aromatic rings. The summed E-state index contributed by atoms with van der Waals surface area (Å²) in [5, 5.41) is 0. The van der Waals surface area contributed by atoms with Gasteiger partial charge in [0.1, 0.15) is 6.10 Å². The molecule has 0 spiro atoms. The molecular formula is C13H25NO2. The summed E-state index contributed by atoms with van der Waals surface area (Å²) in [5.41, 5.74) is 5.10. The van der Waals surface area contributed by atoms with E-state index in [1.165, 1.54) is 51.4 Å². The van der Waals surface area contributed by atoms with E-state index in [4.69, 9.17) is 10.5 Å². The molecule has 16 heavy (non-hydrogen) atoms. The van der Waals surface area contributed by atoms with Crippen LogP contribution in [0.25, 0.3) is 0 Å². The highest BCUT2D eigenvalue weighted by Crippen LogP contribution is 2.30. The van der Waals surface area contributed by atoms with Crippen molar-refractivity contribution in [2.75, 3.05) is 0 Å². The monoisotopic (exact) mass is 227 g/mol. The largest absolute Gasteiger partial charge is 0.446 e. The summed E-state index contributed by atoms with van der Waals surface area (Å²) in [4.78, 5) is 10.8. The van der Waals surface area contributed by atoms with Crippen LogP contribution >= 0.6 is 0 Å². The van der Waals surface area contributed by atoms with Gasteiger partial charge in [-0.15, -0.1) is 0 Å². The van der Waals surface area contributed by atoms with E-state index >= 15 is 0 Å². The predicted molar refractivity (Wildman–Crippen MR) is 65.2 cm³/mol. The minimum Gasteiger partial charge on any atom is -0.446 e. The number of nitrogens with two attached hydrogens (primary N) is 1. The molecule has 0 aliphatic heterocycles. The molecule has 94 valence electrons. The second-order valence-electron chi connectivity index (χ2n) is 4.87. The van der Waals surface area contributed by atoms with E-state index in [9.17, 15) is 4.79 Å². The van der Waals surface area contributed by atoms with E-state index in [-0.39, 0.29) is 6.10 Å². The number of carbonyl (C=O) groups is 1. The molecule has 0 aromatic heterocycles. The van der Waals surface area contributed by atoms with Crippen LogP contribution in [-0.4, -0.2) is 12.2 Å². The normalized spacial score (nSPS) is 25.3. The van der Waals surface area contributed by atoms with Crippen molar-refractivity contribution in [3.63, 3.8) is 0 Å². The maximum Gasteiger partial charge on any atom is 0.404 e. The van der Waals surface area contributed by atoms with Gasteiger partial charge in [0.15, 0.2) is 0 Å². The van der Waals surface area contributed by atoms with Crippen LogP contribution in [0, 0.1) is 5.92 Å². The lowest BCUT2D eigenvalue weighted by atomic mass is 9.83. The number of carbonyl (C=O) groups excluding carboxylic acids is 1. The summed E-state index contributed by atoms with van der Waals surface area (Å²) < 4.78 is 5.20. The maximum absolute atomic E-state index is 10.8. The van der Waals surface area contributed by atoms with Gasteiger partial charge < -0.3 is 10.5 Å². The zero-order valence-electron chi connectivity index (χ0n) is 10.4. The first-order valence-electron chi connectivity index (χ1n) is 6.70. The van der Waals surface area contributed by atoms with Crippen molar-refractivity contribution >= 4 is 6.09 Å². The van der Waals surface area contributed by atoms with Gasteiger partial charge in [0.2, 0.25) is 0 Å². The average molecular weight is 227 g/mol. The van der Waals surface area contributed by atoms with Crippen LogP contribution in [0.5, 0.6) is 0 Å². The van der Waals surface area contributed by atoms with Crippen molar-refractivity contribution in [3.05, 3.63) is 0 Å². The Morgan fingerprint density at radius 3 is 2.69 bits per heavy atom. The summed E-state index contributed by atoms with van der Waals surface area (Å²) in [7, 11) is 0. The van der Waals surface area contributed by atoms with Gasteiger partial charge in [-0.1, -0.05) is 39.0 Å². The van der Waals surface area contributed by atoms with Gasteiger partial charge in [-0.25, -0.2) is 4.79 Å². The third kappa shape index (κ3) is 4.86. The summed E-state index contributed by atoms with van der Waals surface area (Å²) in [6.07, 6.45) is 10.5. The number of ether oxygens (including phenoxy) is 1. The molecule has 1 fully saturated rings. The lowest BCUT2D eigenvalue weighted by Gasteiger charge is -2.30. The number of unbranched alkanes of at least 4 members (excludes halogenated alkanes) is 3. The van der Waals surface area contributed by atoms with Crippen LogP contribution < -0.4 is 5.73 Å². The fraction of sp³-hybridized carbons (Fsp3) is 0.923. The second kappa shape index (κ2) is 7.53. The van der Waals surface area contributed by atoms with E-state index in [0.717, 1.165) is 6.42 Å². The number of amides is 1. The van der Waals surface area contributed by atoms with Crippen LogP contribution in [0.15, 0.2) is 0 Å². The smallest absolute Gasteiger partial charge is 0.404 e. The molecule has 3 nitrogen and oxygen atoms in total. The van der Waals surface area contributed by atoms with E-state index in [0.29, 0.717) is 5.92 Å². The van der Waals surface area contributed by atoms with Gasteiger partial charge in [0, 0.05) is 0 Å². The zero-order chi connectivity index (χ0) is 11.8. The van der Waals surface area contributed by atoms with Crippen LogP contribution in [0.3, 0.4) is 0 Å². The summed E-state index contributed by atoms with van der Waals surface area (Å²) in [6, 6.07) is 0. The summed E-state index contributed by atoms with van der Waals surface area (Å²) in [6.45, 7) is 2.22. The Bertz CT molecular complexity index is 206. The van der Waals surface area contributed by atoms with Crippen molar-refractivity contribution < 1.29 is 9.53 Å². The fourth-order valence-electron chi connectivity index (χ4n) is 2.64. The topological polar surface area (TPSA) is 52.3 Å². The SMILES string of the molecule is CCCCCC[C@H]1CCCCC1OC(N)=O. The highest BCUT2D eigenvalue weighted by Gasteiger charge is 2.27. The highest BCUT2D eigenvalue weighted by atomic mass is 16.6. The molecule has 1 unspecified atom stereocenters. The Morgan fingerprint density at radius 2 is 2.00 bits per heavy atom. The Labute approximate surface area is 98.7 Å². The lowest BCUT2D eigenvalue weighted by molar-refractivity contribution is 0.0388. The summed E-state index contributed by atoms with van der Waals surface area (Å²) >= 11 is 0. The number of hydrogen-bond acceptors (Lipinski definition) is 2. The predicted octanol–water partition coefficient (Wildman–Crippen LogP) is 3.61. The molecule has 1 rings (SSSR count). The molecule has 2 N–H and O–H groups in total. The lowest BCUT2D eigenvalue weighted by Crippen LogP contribution is -2.32. The van der Waals surface area contributed by atoms with Gasteiger partial charge in [0.05, 0.1) is 0 Å². The number of hydrogen-bond donors (Lipinski definition) is 1. The standard InChI is InChI=1S/C13H25NO2/c1-2-3-4-5-8-11-9-6-7-10-12(11)16-13(14)15/h11-12H,2-10H2,1H3,(H2,14,15)/t11-,12?/m0/s1. The van der Waals surface area contributed by atoms with Gasteiger partial charge in [0.25, 0.3) is 0 Å². The van der Waals surface area contributed by atoms with Crippen LogP contribution in [0.4, 0.5) is 4.79 Å². The Kier molecular flexibility index (Phi) is 6.27. The molecular weight excluding hydrogens is 202 g/mol. The van der Waals surface area contributed by atoms with Gasteiger partial charge in [-0.2, -0.15) is 0 Å². The van der Waals surface area contributed by atoms with E-state index in [1.807, 2.05) is 0 Å². The molecule has 1 saturated carbocycles. The molecule has 0 heterocycles. The molecule has 1 amide bonds. The van der Waals surface area contributed by atoms with Crippen molar-refractivity contribution in [1.29, 1.82) is 0 Å². The quantitative estimate of drug-likeness (QED) is 0.705. The van der Waals surface area contributed by atoms with Gasteiger partial charge >= 0.3 is 6.09 Å². The van der Waals surface area contributed by atoms with Crippen LogP contribution in [-0.2, 0) is 4.74 Å². The fourth-order valence-corrected chi connectivity index (χ4v) is 2.64. The molecule has 3 heteroatoms. The molecule has 0 radical (unpaired) electrons. The number of rotatable bonds is 6. The molecule has 0 bridgehead atoms. The van der Waals surface area contributed by atoms with Crippen molar-refractivity contribution in [1.82, 2.24) is 0 Å². The first-order valence-corrected chi connectivity index (χ1v) is 6.70. The van der Waals surface area contributed by atoms with Gasteiger partial charge in [-0.05, 0) is 31.6 Å².